The van der Waals surface area contributed by atoms with E-state index in [4.69, 9.17) is 14.5 Å². The minimum absolute atomic E-state index is 0.206. The molecule has 0 aliphatic carbocycles. The first-order valence-electron chi connectivity index (χ1n) is 10.1. The fraction of sp³-hybridized carbons (Fsp3) is 0.292. The van der Waals surface area contributed by atoms with E-state index >= 15 is 0 Å². The number of carbonyl (C=O) groups excluding carboxylic acids is 1. The zero-order valence-electron chi connectivity index (χ0n) is 17.4. The van der Waals surface area contributed by atoms with E-state index in [1.807, 2.05) is 36.4 Å². The van der Waals surface area contributed by atoms with Crippen LogP contribution in [0, 0.1) is 0 Å². The highest BCUT2D eigenvalue weighted by Crippen LogP contribution is 2.25. The van der Waals surface area contributed by atoms with Crippen LogP contribution < -0.4 is 5.32 Å². The Kier molecular flexibility index (Phi) is 7.92. The van der Waals surface area contributed by atoms with E-state index in [1.54, 1.807) is 20.2 Å². The molecule has 1 atom stereocenters. The topological polar surface area (TPSA) is 73.3 Å². The Bertz CT molecular complexity index is 930. The molecule has 30 heavy (non-hydrogen) atoms. The number of anilines is 1. The average Bonchev–Trinajstić information content (AvgIpc) is 2.79. The van der Waals surface area contributed by atoms with Gasteiger partial charge in [0, 0.05) is 32.0 Å². The van der Waals surface area contributed by atoms with Gasteiger partial charge in [0.2, 0.25) is 0 Å². The predicted molar refractivity (Wildman–Crippen MR) is 116 cm³/mol. The van der Waals surface area contributed by atoms with Crippen molar-refractivity contribution in [2.24, 2.45) is 0 Å². The molecular formula is C24H27N3O3. The molecule has 0 fully saturated rings. The summed E-state index contributed by atoms with van der Waals surface area (Å²) < 4.78 is 10.7. The van der Waals surface area contributed by atoms with Gasteiger partial charge in [0.1, 0.15) is 11.9 Å². The molecule has 0 saturated carbocycles. The van der Waals surface area contributed by atoms with Crippen molar-refractivity contribution in [3.05, 3.63) is 89.4 Å². The van der Waals surface area contributed by atoms with Gasteiger partial charge in [0.05, 0.1) is 18.7 Å². The van der Waals surface area contributed by atoms with E-state index in [0.29, 0.717) is 26.0 Å². The first kappa shape index (κ1) is 21.5. The molecule has 2 heterocycles. The molecule has 0 amide bonds. The number of carbonyl (C=O) groups is 1. The first-order chi connectivity index (χ1) is 14.7. The Labute approximate surface area is 177 Å². The third kappa shape index (κ3) is 6.12. The molecule has 1 N–H and O–H groups in total. The molecule has 6 heteroatoms. The quantitative estimate of drug-likeness (QED) is 0.507. The van der Waals surface area contributed by atoms with Gasteiger partial charge in [-0.15, -0.1) is 0 Å². The standard InChI is InChI=1S/C24H27N3O3/c1-3-30-23(28)15-14-20-7-6-8-21(27-20)24(29-2)19-12-10-18(11-13-19)17-26-22-9-4-5-16-25-22/h4-13,16,24H,3,14-15,17H2,1-2H3,(H,25,26). The Morgan fingerprint density at radius 1 is 1.07 bits per heavy atom. The Morgan fingerprint density at radius 3 is 2.60 bits per heavy atom. The summed E-state index contributed by atoms with van der Waals surface area (Å²) in [6, 6.07) is 19.8. The summed E-state index contributed by atoms with van der Waals surface area (Å²) in [5.74, 6) is 0.642. The normalized spacial score (nSPS) is 11.7. The zero-order valence-corrected chi connectivity index (χ0v) is 17.4. The summed E-state index contributed by atoms with van der Waals surface area (Å²) in [4.78, 5) is 20.6. The van der Waals surface area contributed by atoms with Crippen LogP contribution in [0.1, 0.15) is 42.0 Å². The lowest BCUT2D eigenvalue weighted by atomic mass is 10.0. The van der Waals surface area contributed by atoms with Crippen molar-refractivity contribution in [2.75, 3.05) is 19.0 Å². The summed E-state index contributed by atoms with van der Waals surface area (Å²) in [6.45, 7) is 2.89. The van der Waals surface area contributed by atoms with E-state index < -0.39 is 0 Å². The van der Waals surface area contributed by atoms with E-state index in [-0.39, 0.29) is 12.1 Å². The molecule has 1 unspecified atom stereocenters. The van der Waals surface area contributed by atoms with Crippen molar-refractivity contribution in [1.29, 1.82) is 0 Å². The number of pyridine rings is 2. The number of ether oxygens (including phenoxy) is 2. The van der Waals surface area contributed by atoms with Gasteiger partial charge >= 0.3 is 5.97 Å². The number of esters is 1. The summed E-state index contributed by atoms with van der Waals surface area (Å²) in [6.07, 6.45) is 2.36. The number of hydrogen-bond donors (Lipinski definition) is 1. The van der Waals surface area contributed by atoms with E-state index in [2.05, 4.69) is 34.6 Å². The molecule has 2 aromatic heterocycles. The van der Waals surface area contributed by atoms with Gasteiger partial charge < -0.3 is 14.8 Å². The molecule has 156 valence electrons. The Morgan fingerprint density at radius 2 is 1.90 bits per heavy atom. The largest absolute Gasteiger partial charge is 0.466 e. The number of aromatic nitrogens is 2. The molecule has 3 aromatic rings. The lowest BCUT2D eigenvalue weighted by Gasteiger charge is -2.17. The zero-order chi connectivity index (χ0) is 21.2. The van der Waals surface area contributed by atoms with Crippen LogP contribution in [-0.2, 0) is 27.2 Å². The van der Waals surface area contributed by atoms with Gasteiger partial charge in [0.25, 0.3) is 0 Å². The summed E-state index contributed by atoms with van der Waals surface area (Å²) >= 11 is 0. The van der Waals surface area contributed by atoms with Crippen LogP contribution in [0.5, 0.6) is 0 Å². The maximum absolute atomic E-state index is 11.6. The van der Waals surface area contributed by atoms with Gasteiger partial charge in [0.15, 0.2) is 0 Å². The number of nitrogens with zero attached hydrogens (tertiary/aromatic N) is 2. The van der Waals surface area contributed by atoms with E-state index in [0.717, 1.165) is 28.3 Å². The van der Waals surface area contributed by atoms with E-state index in [1.165, 1.54) is 0 Å². The number of rotatable bonds is 10. The second-order valence-electron chi connectivity index (χ2n) is 6.78. The highest BCUT2D eigenvalue weighted by Gasteiger charge is 2.15. The molecule has 0 saturated heterocycles. The van der Waals surface area contributed by atoms with Gasteiger partial charge in [-0.25, -0.2) is 4.98 Å². The summed E-state index contributed by atoms with van der Waals surface area (Å²) in [5.41, 5.74) is 3.83. The lowest BCUT2D eigenvalue weighted by Crippen LogP contribution is -2.09. The average molecular weight is 405 g/mol. The van der Waals surface area contributed by atoms with Crippen molar-refractivity contribution in [2.45, 2.75) is 32.4 Å². The number of aryl methyl sites for hydroxylation is 1. The van der Waals surface area contributed by atoms with Crippen molar-refractivity contribution < 1.29 is 14.3 Å². The van der Waals surface area contributed by atoms with Crippen molar-refractivity contribution >= 4 is 11.8 Å². The van der Waals surface area contributed by atoms with Gasteiger partial charge in [-0.05, 0) is 42.3 Å². The molecule has 3 rings (SSSR count). The van der Waals surface area contributed by atoms with Gasteiger partial charge in [-0.2, -0.15) is 0 Å². The maximum Gasteiger partial charge on any atom is 0.306 e. The van der Waals surface area contributed by atoms with Crippen LogP contribution in [0.3, 0.4) is 0 Å². The fourth-order valence-corrected chi connectivity index (χ4v) is 3.14. The highest BCUT2D eigenvalue weighted by atomic mass is 16.5. The number of benzene rings is 1. The third-order valence-electron chi connectivity index (χ3n) is 4.64. The molecule has 1 aromatic carbocycles. The Balaban J connectivity index is 1.65. The van der Waals surface area contributed by atoms with Crippen LogP contribution >= 0.6 is 0 Å². The van der Waals surface area contributed by atoms with Gasteiger partial charge in [-0.3, -0.25) is 9.78 Å². The Hall–Kier alpha value is -3.25. The number of hydrogen-bond acceptors (Lipinski definition) is 6. The van der Waals surface area contributed by atoms with Gasteiger partial charge in [-0.1, -0.05) is 36.4 Å². The van der Waals surface area contributed by atoms with Crippen LogP contribution in [0.4, 0.5) is 5.82 Å². The number of methoxy groups -OCH3 is 1. The van der Waals surface area contributed by atoms with Crippen molar-refractivity contribution in [3.8, 4) is 0 Å². The second kappa shape index (κ2) is 11.1. The molecule has 0 bridgehead atoms. The monoisotopic (exact) mass is 405 g/mol. The predicted octanol–water partition coefficient (Wildman–Crippen LogP) is 4.32. The smallest absolute Gasteiger partial charge is 0.306 e. The van der Waals surface area contributed by atoms with E-state index in [9.17, 15) is 4.79 Å². The molecule has 0 aliphatic rings. The minimum Gasteiger partial charge on any atom is -0.466 e. The second-order valence-corrected chi connectivity index (χ2v) is 6.78. The molecule has 0 radical (unpaired) electrons. The highest BCUT2D eigenvalue weighted by molar-refractivity contribution is 5.69. The molecule has 6 nitrogen and oxygen atoms in total. The van der Waals surface area contributed by atoms with Crippen molar-refractivity contribution in [1.82, 2.24) is 9.97 Å². The summed E-state index contributed by atoms with van der Waals surface area (Å²) in [7, 11) is 1.67. The van der Waals surface area contributed by atoms with Crippen LogP contribution in [-0.4, -0.2) is 29.7 Å². The SMILES string of the molecule is CCOC(=O)CCc1cccc(C(OC)c2ccc(CNc3ccccn3)cc2)n1. The van der Waals surface area contributed by atoms with Crippen molar-refractivity contribution in [3.63, 3.8) is 0 Å². The molecular weight excluding hydrogens is 378 g/mol. The van der Waals surface area contributed by atoms with Crippen LogP contribution in [0.25, 0.3) is 0 Å². The molecule has 0 spiro atoms. The molecule has 0 aliphatic heterocycles. The maximum atomic E-state index is 11.6. The van der Waals surface area contributed by atoms with Crippen LogP contribution in [0.15, 0.2) is 66.9 Å². The number of nitrogens with one attached hydrogen (secondary N) is 1. The lowest BCUT2D eigenvalue weighted by molar-refractivity contribution is -0.143. The first-order valence-corrected chi connectivity index (χ1v) is 10.1. The summed E-state index contributed by atoms with van der Waals surface area (Å²) in [5, 5.41) is 3.30. The third-order valence-corrected chi connectivity index (χ3v) is 4.64. The fourth-order valence-electron chi connectivity index (χ4n) is 3.14. The minimum atomic E-state index is -0.273. The van der Waals surface area contributed by atoms with Crippen LogP contribution in [0.2, 0.25) is 0 Å².